The fourth-order valence-electron chi connectivity index (χ4n) is 1.59. The van der Waals surface area contributed by atoms with E-state index in [1.165, 1.54) is 29.3 Å². The van der Waals surface area contributed by atoms with Gasteiger partial charge in [0.25, 0.3) is 0 Å². The van der Waals surface area contributed by atoms with Crippen LogP contribution in [-0.2, 0) is 6.42 Å². The highest BCUT2D eigenvalue weighted by Gasteiger charge is 2.04. The fourth-order valence-corrected chi connectivity index (χ4v) is 2.36. The molecule has 3 heteroatoms. The van der Waals surface area contributed by atoms with Gasteiger partial charge in [0.1, 0.15) is 5.75 Å². The lowest BCUT2D eigenvalue weighted by atomic mass is 10.1. The maximum atomic E-state index is 5.23. The zero-order chi connectivity index (χ0) is 12.0. The molecule has 0 amide bonds. The molecule has 0 spiro atoms. The zero-order valence-electron chi connectivity index (χ0n) is 9.80. The molecule has 1 nitrogen and oxygen atoms in total. The number of halogens is 2. The van der Waals surface area contributed by atoms with E-state index in [-0.39, 0.29) is 0 Å². The molecule has 0 fully saturated rings. The van der Waals surface area contributed by atoms with Gasteiger partial charge in [-0.2, -0.15) is 0 Å². The molecule has 1 aromatic rings. The van der Waals surface area contributed by atoms with Gasteiger partial charge in [0.2, 0.25) is 0 Å². The summed E-state index contributed by atoms with van der Waals surface area (Å²) in [7, 11) is 1.71. The number of benzene rings is 1. The first-order chi connectivity index (χ1) is 7.67. The molecule has 0 aliphatic rings. The van der Waals surface area contributed by atoms with Crippen LogP contribution in [0.5, 0.6) is 5.75 Å². The molecule has 1 rings (SSSR count). The smallest absolute Gasteiger partial charge is 0.119 e. The maximum Gasteiger partial charge on any atom is 0.119 e. The Balaban J connectivity index is 2.52. The van der Waals surface area contributed by atoms with E-state index in [0.29, 0.717) is 4.83 Å². The number of hydrogen-bond donors (Lipinski definition) is 0. The lowest BCUT2D eigenvalue weighted by molar-refractivity contribution is 0.414. The van der Waals surface area contributed by atoms with Crippen molar-refractivity contribution in [1.82, 2.24) is 0 Å². The van der Waals surface area contributed by atoms with Gasteiger partial charge in [-0.1, -0.05) is 38.8 Å². The summed E-state index contributed by atoms with van der Waals surface area (Å²) in [5, 5.41) is 0. The van der Waals surface area contributed by atoms with Crippen LogP contribution in [-0.4, -0.2) is 11.9 Å². The molecule has 0 radical (unpaired) electrons. The number of rotatable bonds is 6. The highest BCUT2D eigenvalue weighted by molar-refractivity contribution is 9.10. The van der Waals surface area contributed by atoms with Crippen LogP contribution in [0.1, 0.15) is 31.7 Å². The van der Waals surface area contributed by atoms with Gasteiger partial charge in [0.05, 0.1) is 7.11 Å². The van der Waals surface area contributed by atoms with Crippen molar-refractivity contribution in [2.75, 3.05) is 7.11 Å². The largest absolute Gasteiger partial charge is 0.497 e. The van der Waals surface area contributed by atoms with Gasteiger partial charge < -0.3 is 4.74 Å². The molecule has 16 heavy (non-hydrogen) atoms. The Morgan fingerprint density at radius 3 is 2.75 bits per heavy atom. The summed E-state index contributed by atoms with van der Waals surface area (Å²) in [5.74, 6) is 0.934. The minimum absolute atomic E-state index is 0.650. The van der Waals surface area contributed by atoms with Crippen LogP contribution in [0.3, 0.4) is 0 Å². The van der Waals surface area contributed by atoms with Crippen molar-refractivity contribution in [2.45, 2.75) is 37.4 Å². The summed E-state index contributed by atoms with van der Waals surface area (Å²) >= 11 is 7.24. The van der Waals surface area contributed by atoms with Crippen molar-refractivity contribution in [3.05, 3.63) is 28.2 Å². The van der Waals surface area contributed by atoms with Crippen LogP contribution in [0.2, 0.25) is 0 Å². The van der Waals surface area contributed by atoms with Crippen LogP contribution < -0.4 is 4.74 Å². The SMILES string of the molecule is CCC(Br)CCCc1cc(OC)ccc1Br. The van der Waals surface area contributed by atoms with E-state index < -0.39 is 0 Å². The average molecular weight is 350 g/mol. The van der Waals surface area contributed by atoms with Gasteiger partial charge in [0.15, 0.2) is 0 Å². The van der Waals surface area contributed by atoms with Crippen LogP contribution >= 0.6 is 31.9 Å². The first kappa shape index (κ1) is 14.0. The highest BCUT2D eigenvalue weighted by atomic mass is 79.9. The van der Waals surface area contributed by atoms with Gasteiger partial charge in [-0.25, -0.2) is 0 Å². The Hall–Kier alpha value is -0.0200. The number of ether oxygens (including phenoxy) is 1. The molecular weight excluding hydrogens is 332 g/mol. The summed E-state index contributed by atoms with van der Waals surface area (Å²) in [5.41, 5.74) is 1.33. The van der Waals surface area contributed by atoms with Crippen molar-refractivity contribution >= 4 is 31.9 Å². The van der Waals surface area contributed by atoms with Gasteiger partial charge in [-0.3, -0.25) is 0 Å². The molecule has 1 aromatic carbocycles. The zero-order valence-corrected chi connectivity index (χ0v) is 13.0. The average Bonchev–Trinajstić information content (AvgIpc) is 2.31. The lowest BCUT2D eigenvalue weighted by Crippen LogP contribution is -1.97. The Bertz CT molecular complexity index is 326. The first-order valence-corrected chi connectivity index (χ1v) is 7.34. The van der Waals surface area contributed by atoms with E-state index in [2.05, 4.69) is 50.9 Å². The third kappa shape index (κ3) is 4.46. The quantitative estimate of drug-likeness (QED) is 0.660. The maximum absolute atomic E-state index is 5.23. The minimum Gasteiger partial charge on any atom is -0.497 e. The summed E-state index contributed by atoms with van der Waals surface area (Å²) in [6.07, 6.45) is 4.72. The van der Waals surface area contributed by atoms with Gasteiger partial charge in [-0.05, 0) is 49.4 Å². The molecule has 0 heterocycles. The van der Waals surface area contributed by atoms with Crippen LogP contribution in [0, 0.1) is 0 Å². The number of alkyl halides is 1. The normalized spacial score (nSPS) is 12.5. The van der Waals surface area contributed by atoms with Crippen molar-refractivity contribution in [1.29, 1.82) is 0 Å². The summed E-state index contributed by atoms with van der Waals surface area (Å²) < 4.78 is 6.41. The van der Waals surface area contributed by atoms with Crippen molar-refractivity contribution in [3.63, 3.8) is 0 Å². The molecule has 0 saturated carbocycles. The van der Waals surface area contributed by atoms with E-state index in [9.17, 15) is 0 Å². The summed E-state index contributed by atoms with van der Waals surface area (Å²) in [6, 6.07) is 6.14. The Kier molecular flexibility index (Phi) is 6.44. The van der Waals surface area contributed by atoms with E-state index in [1.54, 1.807) is 7.11 Å². The molecule has 0 saturated heterocycles. The molecule has 0 N–H and O–H groups in total. The number of aryl methyl sites for hydroxylation is 1. The molecule has 90 valence electrons. The predicted molar refractivity (Wildman–Crippen MR) is 76.6 cm³/mol. The molecule has 1 unspecified atom stereocenters. The fraction of sp³-hybridized carbons (Fsp3) is 0.538. The van der Waals surface area contributed by atoms with Crippen LogP contribution in [0.25, 0.3) is 0 Å². The second kappa shape index (κ2) is 7.33. The summed E-state index contributed by atoms with van der Waals surface area (Å²) in [6.45, 7) is 2.21. The van der Waals surface area contributed by atoms with Gasteiger partial charge >= 0.3 is 0 Å². The second-order valence-electron chi connectivity index (χ2n) is 3.86. The van der Waals surface area contributed by atoms with E-state index in [0.717, 1.165) is 12.2 Å². The molecule has 0 aromatic heterocycles. The first-order valence-electron chi connectivity index (χ1n) is 5.63. The monoisotopic (exact) mass is 348 g/mol. The highest BCUT2D eigenvalue weighted by Crippen LogP contribution is 2.24. The Morgan fingerprint density at radius 2 is 2.12 bits per heavy atom. The summed E-state index contributed by atoms with van der Waals surface area (Å²) in [4.78, 5) is 0.650. The minimum atomic E-state index is 0.650. The van der Waals surface area contributed by atoms with E-state index >= 15 is 0 Å². The van der Waals surface area contributed by atoms with Crippen molar-refractivity contribution in [2.24, 2.45) is 0 Å². The molecule has 0 aliphatic heterocycles. The third-order valence-corrected chi connectivity index (χ3v) is 4.54. The topological polar surface area (TPSA) is 9.23 Å². The molecular formula is C13H18Br2O. The van der Waals surface area contributed by atoms with Crippen molar-refractivity contribution in [3.8, 4) is 5.75 Å². The van der Waals surface area contributed by atoms with E-state index in [1.807, 2.05) is 6.07 Å². The number of hydrogen-bond acceptors (Lipinski definition) is 1. The second-order valence-corrected chi connectivity index (χ2v) is 6.00. The predicted octanol–water partition coefficient (Wildman–Crippen LogP) is 4.95. The Labute approximate surface area is 115 Å². The van der Waals surface area contributed by atoms with Gasteiger partial charge in [-0.15, -0.1) is 0 Å². The lowest BCUT2D eigenvalue weighted by Gasteiger charge is -2.09. The van der Waals surface area contributed by atoms with Crippen LogP contribution in [0.4, 0.5) is 0 Å². The molecule has 1 atom stereocenters. The van der Waals surface area contributed by atoms with Gasteiger partial charge in [0, 0.05) is 9.30 Å². The van der Waals surface area contributed by atoms with E-state index in [4.69, 9.17) is 4.74 Å². The third-order valence-electron chi connectivity index (χ3n) is 2.66. The van der Waals surface area contributed by atoms with Crippen molar-refractivity contribution < 1.29 is 4.74 Å². The Morgan fingerprint density at radius 1 is 1.38 bits per heavy atom. The standard InChI is InChI=1S/C13H18Br2O/c1-3-11(14)6-4-5-10-9-12(16-2)7-8-13(10)15/h7-9,11H,3-6H2,1-2H3. The molecule has 0 bridgehead atoms. The number of methoxy groups -OCH3 is 1. The van der Waals surface area contributed by atoms with Crippen LogP contribution in [0.15, 0.2) is 22.7 Å². The molecule has 0 aliphatic carbocycles.